The van der Waals surface area contributed by atoms with Gasteiger partial charge in [0.25, 0.3) is 0 Å². The highest BCUT2D eigenvalue weighted by atomic mass is 35.5. The monoisotopic (exact) mass is 266 g/mol. The molecule has 0 spiro atoms. The highest BCUT2D eigenvalue weighted by molar-refractivity contribution is 6.29. The predicted molar refractivity (Wildman–Crippen MR) is 70.1 cm³/mol. The van der Waals surface area contributed by atoms with Crippen LogP contribution < -0.4 is 10.1 Å². The molecule has 0 amide bonds. The molecule has 0 aliphatic rings. The number of aromatic nitrogens is 1. The minimum atomic E-state index is -0.401. The standard InChI is InChI=1S/C13H12ClFN2O/c1-2-18-12-4-3-9(7-11(12)15)17-10-5-6-16-13(14)8-10/h3-8H,2H2,1H3,(H,16,17). The second-order valence-electron chi connectivity index (χ2n) is 3.57. The topological polar surface area (TPSA) is 34.1 Å². The zero-order chi connectivity index (χ0) is 13.0. The molecule has 94 valence electrons. The van der Waals surface area contributed by atoms with Gasteiger partial charge in [-0.05, 0) is 31.2 Å². The van der Waals surface area contributed by atoms with Crippen molar-refractivity contribution in [2.45, 2.75) is 6.92 Å². The van der Waals surface area contributed by atoms with Crippen LogP contribution in [0, 0.1) is 5.82 Å². The average Bonchev–Trinajstić information content (AvgIpc) is 2.33. The lowest BCUT2D eigenvalue weighted by Crippen LogP contribution is -1.96. The second-order valence-corrected chi connectivity index (χ2v) is 3.96. The summed E-state index contributed by atoms with van der Waals surface area (Å²) in [7, 11) is 0. The smallest absolute Gasteiger partial charge is 0.167 e. The second kappa shape index (κ2) is 5.69. The Bertz CT molecular complexity index is 548. The molecule has 0 bridgehead atoms. The van der Waals surface area contributed by atoms with Crippen LogP contribution in [0.3, 0.4) is 0 Å². The summed E-state index contributed by atoms with van der Waals surface area (Å²) in [6.45, 7) is 2.24. The molecule has 0 aliphatic carbocycles. The fourth-order valence-electron chi connectivity index (χ4n) is 1.50. The van der Waals surface area contributed by atoms with Crippen LogP contribution in [0.1, 0.15) is 6.92 Å². The molecule has 1 aromatic carbocycles. The van der Waals surface area contributed by atoms with E-state index in [9.17, 15) is 4.39 Å². The van der Waals surface area contributed by atoms with Crippen LogP contribution in [0.2, 0.25) is 5.15 Å². The Kier molecular flexibility index (Phi) is 3.99. The number of pyridine rings is 1. The summed E-state index contributed by atoms with van der Waals surface area (Å²) in [6.07, 6.45) is 1.58. The minimum Gasteiger partial charge on any atom is -0.491 e. The molecule has 18 heavy (non-hydrogen) atoms. The van der Waals surface area contributed by atoms with E-state index in [-0.39, 0.29) is 5.75 Å². The Morgan fingerprint density at radius 1 is 1.28 bits per heavy atom. The molecule has 0 unspecified atom stereocenters. The van der Waals surface area contributed by atoms with Gasteiger partial charge in [-0.15, -0.1) is 0 Å². The zero-order valence-corrected chi connectivity index (χ0v) is 10.5. The molecular weight excluding hydrogens is 255 g/mol. The van der Waals surface area contributed by atoms with Gasteiger partial charge in [-0.1, -0.05) is 11.6 Å². The van der Waals surface area contributed by atoms with Crippen molar-refractivity contribution in [1.29, 1.82) is 0 Å². The van der Waals surface area contributed by atoms with Crippen LogP contribution in [0.5, 0.6) is 5.75 Å². The summed E-state index contributed by atoms with van der Waals surface area (Å²) < 4.78 is 18.7. The predicted octanol–water partition coefficient (Wildman–Crippen LogP) is 4.02. The van der Waals surface area contributed by atoms with Crippen molar-refractivity contribution in [3.05, 3.63) is 47.5 Å². The van der Waals surface area contributed by atoms with Gasteiger partial charge in [-0.25, -0.2) is 9.37 Å². The van der Waals surface area contributed by atoms with Gasteiger partial charge >= 0.3 is 0 Å². The molecule has 0 saturated carbocycles. The largest absolute Gasteiger partial charge is 0.491 e. The van der Waals surface area contributed by atoms with E-state index in [1.54, 1.807) is 30.5 Å². The molecule has 0 aliphatic heterocycles. The molecule has 0 fully saturated rings. The van der Waals surface area contributed by atoms with E-state index in [1.807, 2.05) is 6.92 Å². The zero-order valence-electron chi connectivity index (χ0n) is 9.78. The Labute approximate surface area is 110 Å². The first-order valence-corrected chi connectivity index (χ1v) is 5.88. The third kappa shape index (κ3) is 3.11. The van der Waals surface area contributed by atoms with Crippen molar-refractivity contribution in [2.75, 3.05) is 11.9 Å². The number of nitrogens with one attached hydrogen (secondary N) is 1. The number of hydrogen-bond acceptors (Lipinski definition) is 3. The number of benzene rings is 1. The van der Waals surface area contributed by atoms with Crippen molar-refractivity contribution in [2.24, 2.45) is 0 Å². The van der Waals surface area contributed by atoms with Crippen LogP contribution in [-0.2, 0) is 0 Å². The van der Waals surface area contributed by atoms with Gasteiger partial charge in [0.15, 0.2) is 11.6 Å². The fraction of sp³-hybridized carbons (Fsp3) is 0.154. The summed E-state index contributed by atoms with van der Waals surface area (Å²) in [5.41, 5.74) is 1.37. The van der Waals surface area contributed by atoms with Crippen LogP contribution in [0.25, 0.3) is 0 Å². The lowest BCUT2D eigenvalue weighted by molar-refractivity contribution is 0.321. The number of halogens is 2. The molecule has 3 nitrogen and oxygen atoms in total. The Morgan fingerprint density at radius 3 is 2.72 bits per heavy atom. The van der Waals surface area contributed by atoms with E-state index < -0.39 is 5.82 Å². The van der Waals surface area contributed by atoms with Crippen molar-refractivity contribution in [3.63, 3.8) is 0 Å². The van der Waals surface area contributed by atoms with Gasteiger partial charge in [0.2, 0.25) is 0 Å². The van der Waals surface area contributed by atoms with Crippen molar-refractivity contribution < 1.29 is 9.13 Å². The average molecular weight is 267 g/mol. The van der Waals surface area contributed by atoms with Gasteiger partial charge in [0, 0.05) is 23.6 Å². The molecule has 0 saturated heterocycles. The van der Waals surface area contributed by atoms with Gasteiger partial charge in [-0.2, -0.15) is 0 Å². The molecule has 0 atom stereocenters. The summed E-state index contributed by atoms with van der Waals surface area (Å²) in [5.74, 6) is -0.155. The van der Waals surface area contributed by atoms with Crippen LogP contribution in [0.15, 0.2) is 36.5 Å². The lowest BCUT2D eigenvalue weighted by atomic mass is 10.2. The first kappa shape index (κ1) is 12.6. The van der Waals surface area contributed by atoms with Crippen molar-refractivity contribution in [3.8, 4) is 5.75 Å². The number of hydrogen-bond donors (Lipinski definition) is 1. The maximum Gasteiger partial charge on any atom is 0.167 e. The van der Waals surface area contributed by atoms with Crippen molar-refractivity contribution >= 4 is 23.0 Å². The lowest BCUT2D eigenvalue weighted by Gasteiger charge is -2.09. The number of ether oxygens (including phenoxy) is 1. The van der Waals surface area contributed by atoms with E-state index >= 15 is 0 Å². The Balaban J connectivity index is 2.17. The molecule has 2 rings (SSSR count). The normalized spacial score (nSPS) is 10.2. The molecule has 1 N–H and O–H groups in total. The van der Waals surface area contributed by atoms with Crippen LogP contribution >= 0.6 is 11.6 Å². The highest BCUT2D eigenvalue weighted by Crippen LogP contribution is 2.24. The summed E-state index contributed by atoms with van der Waals surface area (Å²) in [5, 5.41) is 3.42. The number of nitrogens with zero attached hydrogens (tertiary/aromatic N) is 1. The maximum absolute atomic E-state index is 13.6. The molecule has 2 aromatic rings. The highest BCUT2D eigenvalue weighted by Gasteiger charge is 2.04. The van der Waals surface area contributed by atoms with Gasteiger partial charge in [0.1, 0.15) is 5.15 Å². The van der Waals surface area contributed by atoms with E-state index in [4.69, 9.17) is 16.3 Å². The molecule has 1 heterocycles. The minimum absolute atomic E-state index is 0.246. The fourth-order valence-corrected chi connectivity index (χ4v) is 1.67. The quantitative estimate of drug-likeness (QED) is 0.849. The van der Waals surface area contributed by atoms with E-state index in [2.05, 4.69) is 10.3 Å². The van der Waals surface area contributed by atoms with E-state index in [0.717, 1.165) is 5.69 Å². The Morgan fingerprint density at radius 2 is 2.06 bits per heavy atom. The van der Waals surface area contributed by atoms with Crippen LogP contribution in [-0.4, -0.2) is 11.6 Å². The summed E-state index contributed by atoms with van der Waals surface area (Å²) in [4.78, 5) is 3.87. The first-order valence-electron chi connectivity index (χ1n) is 5.50. The third-order valence-corrected chi connectivity index (χ3v) is 2.45. The van der Waals surface area contributed by atoms with E-state index in [1.165, 1.54) is 6.07 Å². The molecule has 1 aromatic heterocycles. The SMILES string of the molecule is CCOc1ccc(Nc2ccnc(Cl)c2)cc1F. The first-order chi connectivity index (χ1) is 8.69. The van der Waals surface area contributed by atoms with Crippen molar-refractivity contribution in [1.82, 2.24) is 4.98 Å². The van der Waals surface area contributed by atoms with Gasteiger partial charge in [0.05, 0.1) is 6.61 Å². The maximum atomic E-state index is 13.6. The summed E-state index contributed by atoms with van der Waals surface area (Å²) >= 11 is 5.76. The third-order valence-electron chi connectivity index (χ3n) is 2.25. The van der Waals surface area contributed by atoms with Gasteiger partial charge < -0.3 is 10.1 Å². The van der Waals surface area contributed by atoms with Crippen LogP contribution in [0.4, 0.5) is 15.8 Å². The van der Waals surface area contributed by atoms with E-state index in [0.29, 0.717) is 17.4 Å². The molecule has 5 heteroatoms. The Hall–Kier alpha value is -1.81. The summed E-state index contributed by atoms with van der Waals surface area (Å²) in [6, 6.07) is 8.11. The van der Waals surface area contributed by atoms with Gasteiger partial charge in [-0.3, -0.25) is 0 Å². The molecule has 0 radical (unpaired) electrons. The molecular formula is C13H12ClFN2O. The number of rotatable bonds is 4. The number of anilines is 2.